The van der Waals surface area contributed by atoms with Gasteiger partial charge in [-0.25, -0.2) is 4.68 Å². The lowest BCUT2D eigenvalue weighted by atomic mass is 10.00. The van der Waals surface area contributed by atoms with E-state index in [-0.39, 0.29) is 6.04 Å². The summed E-state index contributed by atoms with van der Waals surface area (Å²) >= 11 is 0. The number of benzene rings is 2. The number of nitrogens with one attached hydrogen (secondary N) is 1. The van der Waals surface area contributed by atoms with Gasteiger partial charge in [-0.15, -0.1) is 0 Å². The molecule has 4 heteroatoms. The van der Waals surface area contributed by atoms with Gasteiger partial charge in [-0.1, -0.05) is 59.7 Å². The first-order valence-electron chi connectivity index (χ1n) is 7.73. The van der Waals surface area contributed by atoms with Crippen LogP contribution in [0.5, 0.6) is 0 Å². The Hall–Kier alpha value is -2.88. The quantitative estimate of drug-likeness (QED) is 0.779. The molecule has 114 valence electrons. The van der Waals surface area contributed by atoms with Crippen LogP contribution in [-0.4, -0.2) is 14.8 Å². The average molecular weight is 302 g/mol. The minimum atomic E-state index is 0.0463. The van der Waals surface area contributed by atoms with Gasteiger partial charge in [-0.3, -0.25) is 0 Å². The molecule has 2 heterocycles. The van der Waals surface area contributed by atoms with Crippen molar-refractivity contribution in [3.05, 3.63) is 83.2 Å². The lowest BCUT2D eigenvalue weighted by Gasteiger charge is -2.24. The number of nitrogens with zero attached hydrogens (tertiary/aromatic N) is 3. The molecule has 0 bridgehead atoms. The number of hydrogen-bond donors (Lipinski definition) is 1. The molecular weight excluding hydrogens is 284 g/mol. The van der Waals surface area contributed by atoms with Crippen molar-refractivity contribution in [2.24, 2.45) is 0 Å². The second kappa shape index (κ2) is 5.39. The van der Waals surface area contributed by atoms with Gasteiger partial charge >= 0.3 is 0 Å². The van der Waals surface area contributed by atoms with Gasteiger partial charge in [0.15, 0.2) is 0 Å². The molecule has 1 aromatic heterocycles. The maximum Gasteiger partial charge on any atom is 0.226 e. The lowest BCUT2D eigenvalue weighted by molar-refractivity contribution is 0.611. The van der Waals surface area contributed by atoms with Gasteiger partial charge in [0, 0.05) is 5.70 Å². The summed E-state index contributed by atoms with van der Waals surface area (Å²) in [6, 6.07) is 17.1. The van der Waals surface area contributed by atoms with Gasteiger partial charge in [-0.05, 0) is 31.1 Å². The van der Waals surface area contributed by atoms with E-state index in [0.29, 0.717) is 0 Å². The molecule has 4 nitrogen and oxygen atoms in total. The molecule has 1 aliphatic heterocycles. The maximum atomic E-state index is 4.38. The molecule has 0 aliphatic carbocycles. The first kappa shape index (κ1) is 13.8. The topological polar surface area (TPSA) is 42.7 Å². The zero-order valence-electron chi connectivity index (χ0n) is 13.2. The predicted molar refractivity (Wildman–Crippen MR) is 92.1 cm³/mol. The summed E-state index contributed by atoms with van der Waals surface area (Å²) in [4.78, 5) is 4.35. The largest absolute Gasteiger partial charge is 0.324 e. The molecule has 1 N–H and O–H groups in total. The summed E-state index contributed by atoms with van der Waals surface area (Å²) in [7, 11) is 0. The zero-order valence-corrected chi connectivity index (χ0v) is 13.2. The molecule has 0 spiro atoms. The van der Waals surface area contributed by atoms with Crippen LogP contribution in [0, 0.1) is 13.8 Å². The molecule has 0 amide bonds. The van der Waals surface area contributed by atoms with Gasteiger partial charge in [0.05, 0.1) is 0 Å². The first-order chi connectivity index (χ1) is 11.2. The van der Waals surface area contributed by atoms with Crippen molar-refractivity contribution >= 4 is 11.6 Å². The molecule has 1 atom stereocenters. The van der Waals surface area contributed by atoms with E-state index in [1.807, 2.05) is 4.68 Å². The molecule has 0 fully saturated rings. The standard InChI is InChI=1S/C19H18N4/c1-13-6-8-15(9-7-13)17-11-18(16-5-3-4-14(2)10-16)23-19(22-17)20-12-21-23/h3-12,18H,1-2H3,(H,20,21,22)/t18-/m1/s1. The van der Waals surface area contributed by atoms with Gasteiger partial charge in [0.1, 0.15) is 12.4 Å². The Morgan fingerprint density at radius 2 is 1.83 bits per heavy atom. The highest BCUT2D eigenvalue weighted by Crippen LogP contribution is 2.32. The minimum Gasteiger partial charge on any atom is -0.324 e. The van der Waals surface area contributed by atoms with Crippen LogP contribution >= 0.6 is 0 Å². The van der Waals surface area contributed by atoms with Crippen molar-refractivity contribution in [2.45, 2.75) is 19.9 Å². The van der Waals surface area contributed by atoms with Crippen LogP contribution in [0.4, 0.5) is 5.95 Å². The first-order valence-corrected chi connectivity index (χ1v) is 7.73. The van der Waals surface area contributed by atoms with E-state index < -0.39 is 0 Å². The van der Waals surface area contributed by atoms with Crippen molar-refractivity contribution in [3.63, 3.8) is 0 Å². The Bertz CT molecular complexity index is 874. The summed E-state index contributed by atoms with van der Waals surface area (Å²) in [6.07, 6.45) is 3.80. The number of allylic oxidation sites excluding steroid dienone is 1. The van der Waals surface area contributed by atoms with Crippen molar-refractivity contribution < 1.29 is 0 Å². The van der Waals surface area contributed by atoms with Crippen LogP contribution in [-0.2, 0) is 0 Å². The Morgan fingerprint density at radius 1 is 1.00 bits per heavy atom. The van der Waals surface area contributed by atoms with Crippen molar-refractivity contribution in [2.75, 3.05) is 5.32 Å². The predicted octanol–water partition coefficient (Wildman–Crippen LogP) is 3.95. The number of aromatic nitrogens is 3. The molecule has 23 heavy (non-hydrogen) atoms. The third-order valence-electron chi connectivity index (χ3n) is 4.15. The fraction of sp³-hybridized carbons (Fsp3) is 0.158. The molecule has 2 aromatic carbocycles. The average Bonchev–Trinajstić information content (AvgIpc) is 3.03. The molecule has 1 aliphatic rings. The summed E-state index contributed by atoms with van der Waals surface area (Å²) in [6.45, 7) is 4.20. The van der Waals surface area contributed by atoms with Crippen LogP contribution < -0.4 is 5.32 Å². The molecule has 0 saturated heterocycles. The number of anilines is 1. The lowest BCUT2D eigenvalue weighted by Crippen LogP contribution is -2.20. The third-order valence-corrected chi connectivity index (χ3v) is 4.15. The van der Waals surface area contributed by atoms with Crippen LogP contribution in [0.3, 0.4) is 0 Å². The van der Waals surface area contributed by atoms with Crippen LogP contribution in [0.2, 0.25) is 0 Å². The second-order valence-corrected chi connectivity index (χ2v) is 5.96. The Labute approximate surface area is 135 Å². The van der Waals surface area contributed by atoms with Crippen molar-refractivity contribution in [1.82, 2.24) is 14.8 Å². The highest BCUT2D eigenvalue weighted by Gasteiger charge is 2.23. The Kier molecular flexibility index (Phi) is 3.23. The molecule has 4 rings (SSSR count). The fourth-order valence-electron chi connectivity index (χ4n) is 2.93. The van der Waals surface area contributed by atoms with E-state index in [1.165, 1.54) is 16.7 Å². The van der Waals surface area contributed by atoms with Gasteiger partial charge in [0.25, 0.3) is 0 Å². The van der Waals surface area contributed by atoms with Crippen LogP contribution in [0.25, 0.3) is 5.70 Å². The Balaban J connectivity index is 1.81. The normalized spacial score (nSPS) is 16.4. The second-order valence-electron chi connectivity index (χ2n) is 5.96. The van der Waals surface area contributed by atoms with Crippen molar-refractivity contribution in [3.8, 4) is 0 Å². The van der Waals surface area contributed by atoms with E-state index in [0.717, 1.165) is 17.2 Å². The number of fused-ring (bicyclic) bond motifs is 1. The molecule has 0 saturated carbocycles. The van der Waals surface area contributed by atoms with Crippen LogP contribution in [0.15, 0.2) is 60.9 Å². The van der Waals surface area contributed by atoms with E-state index >= 15 is 0 Å². The molecular formula is C19H18N4. The van der Waals surface area contributed by atoms with Crippen molar-refractivity contribution in [1.29, 1.82) is 0 Å². The summed E-state index contributed by atoms with van der Waals surface area (Å²) in [5, 5.41) is 7.76. The zero-order chi connectivity index (χ0) is 15.8. The van der Waals surface area contributed by atoms with E-state index in [2.05, 4.69) is 83.9 Å². The van der Waals surface area contributed by atoms with E-state index in [1.54, 1.807) is 6.33 Å². The Morgan fingerprint density at radius 3 is 2.61 bits per heavy atom. The highest BCUT2D eigenvalue weighted by atomic mass is 15.4. The van der Waals surface area contributed by atoms with E-state index in [4.69, 9.17) is 0 Å². The molecule has 3 aromatic rings. The monoisotopic (exact) mass is 302 g/mol. The van der Waals surface area contributed by atoms with Crippen LogP contribution in [0.1, 0.15) is 28.3 Å². The fourth-order valence-corrected chi connectivity index (χ4v) is 2.93. The summed E-state index contributed by atoms with van der Waals surface area (Å²) < 4.78 is 1.92. The highest BCUT2D eigenvalue weighted by molar-refractivity contribution is 5.77. The number of aryl methyl sites for hydroxylation is 2. The minimum absolute atomic E-state index is 0.0463. The molecule has 0 radical (unpaired) electrons. The smallest absolute Gasteiger partial charge is 0.226 e. The summed E-state index contributed by atoms with van der Waals surface area (Å²) in [5.41, 5.74) is 5.93. The van der Waals surface area contributed by atoms with Gasteiger partial charge < -0.3 is 5.32 Å². The maximum absolute atomic E-state index is 4.38. The number of hydrogen-bond acceptors (Lipinski definition) is 3. The SMILES string of the molecule is Cc1ccc(C2=C[C@H](c3cccc(C)c3)n3ncnc3N2)cc1. The summed E-state index contributed by atoms with van der Waals surface area (Å²) in [5.74, 6) is 0.773. The van der Waals surface area contributed by atoms with Gasteiger partial charge in [-0.2, -0.15) is 10.1 Å². The van der Waals surface area contributed by atoms with Gasteiger partial charge in [0.2, 0.25) is 5.95 Å². The number of rotatable bonds is 2. The molecule has 0 unspecified atom stereocenters. The third kappa shape index (κ3) is 2.52. The van der Waals surface area contributed by atoms with E-state index in [9.17, 15) is 0 Å².